The normalized spacial score (nSPS) is 19.1. The molecule has 0 atom stereocenters. The fourth-order valence-corrected chi connectivity index (χ4v) is 3.38. The van der Waals surface area contributed by atoms with Gasteiger partial charge in [-0.05, 0) is 50.7 Å². The average molecular weight is 369 g/mol. The van der Waals surface area contributed by atoms with Gasteiger partial charge in [0.25, 0.3) is 0 Å². The molecule has 4 nitrogen and oxygen atoms in total. The quantitative estimate of drug-likeness (QED) is 0.741. The molecule has 0 aliphatic carbocycles. The zero-order valence-corrected chi connectivity index (χ0v) is 16.7. The van der Waals surface area contributed by atoms with Crippen molar-refractivity contribution in [1.82, 2.24) is 4.98 Å². The van der Waals surface area contributed by atoms with Crippen molar-refractivity contribution in [3.63, 3.8) is 0 Å². The Kier molecular flexibility index (Phi) is 5.29. The highest BCUT2D eigenvalue weighted by Gasteiger charge is 2.52. The number of hydrogen-bond donors (Lipinski definition) is 0. The number of carbonyl (C=O) groups excluding carboxylic acids is 1. The average Bonchev–Trinajstić information content (AvgIpc) is 2.79. The smallest absolute Gasteiger partial charge is 0.400 e. The Bertz CT molecular complexity index is 842. The van der Waals surface area contributed by atoms with Crippen LogP contribution in [0.1, 0.15) is 40.3 Å². The Morgan fingerprint density at radius 3 is 2.46 bits per heavy atom. The number of benzene rings is 1. The van der Waals surface area contributed by atoms with Gasteiger partial charge in [-0.1, -0.05) is 36.0 Å². The summed E-state index contributed by atoms with van der Waals surface area (Å²) < 4.78 is 12.4. The van der Waals surface area contributed by atoms with Gasteiger partial charge in [-0.25, -0.2) is 0 Å². The molecule has 0 saturated carbocycles. The molecule has 26 heavy (non-hydrogen) atoms. The highest BCUT2D eigenvalue weighted by molar-refractivity contribution is 8.13. The molecule has 0 N–H and O–H groups in total. The van der Waals surface area contributed by atoms with E-state index < -0.39 is 18.3 Å². The molecule has 0 amide bonds. The Morgan fingerprint density at radius 2 is 1.81 bits per heavy atom. The van der Waals surface area contributed by atoms with E-state index in [1.807, 2.05) is 58.0 Å². The maximum atomic E-state index is 11.5. The van der Waals surface area contributed by atoms with Crippen LogP contribution in [0.2, 0.25) is 0 Å². The number of fused-ring (bicyclic) bond motifs is 1. The lowest BCUT2D eigenvalue weighted by Gasteiger charge is -2.32. The molecule has 0 radical (unpaired) electrons. The van der Waals surface area contributed by atoms with E-state index in [2.05, 4.69) is 11.1 Å². The first kappa shape index (κ1) is 19.1. The number of hydrogen-bond acceptors (Lipinski definition) is 5. The van der Waals surface area contributed by atoms with Gasteiger partial charge in [0.2, 0.25) is 0 Å². The predicted molar refractivity (Wildman–Crippen MR) is 109 cm³/mol. The van der Waals surface area contributed by atoms with Crippen molar-refractivity contribution in [1.29, 1.82) is 0 Å². The maximum Gasteiger partial charge on any atom is 0.491 e. The molecule has 2 heterocycles. The Hall–Kier alpha value is -1.63. The molecule has 1 aliphatic heterocycles. The van der Waals surface area contributed by atoms with Crippen molar-refractivity contribution in [2.75, 3.05) is 5.75 Å². The van der Waals surface area contributed by atoms with E-state index >= 15 is 0 Å². The van der Waals surface area contributed by atoms with Crippen LogP contribution in [0, 0.1) is 0 Å². The first-order chi connectivity index (χ1) is 12.2. The summed E-state index contributed by atoms with van der Waals surface area (Å²) >= 11 is 1.26. The van der Waals surface area contributed by atoms with Crippen LogP contribution in [0.3, 0.4) is 0 Å². The fraction of sp³-hybridized carbons (Fsp3) is 0.400. The van der Waals surface area contributed by atoms with E-state index in [9.17, 15) is 4.79 Å². The van der Waals surface area contributed by atoms with E-state index in [-0.39, 0.29) is 5.12 Å². The molecule has 2 aromatic rings. The Labute approximate surface area is 159 Å². The SMILES string of the molecule is CC(=O)SCC(=Cc1nccc2ccccc12)B1OC(C)(C)C(C)(C)O1. The molecule has 0 bridgehead atoms. The van der Waals surface area contributed by atoms with Gasteiger partial charge in [0.15, 0.2) is 5.12 Å². The minimum atomic E-state index is -0.493. The first-order valence-corrected chi connectivity index (χ1v) is 9.71. The van der Waals surface area contributed by atoms with Crippen molar-refractivity contribution in [2.24, 2.45) is 0 Å². The van der Waals surface area contributed by atoms with Gasteiger partial charge in [-0.3, -0.25) is 9.78 Å². The summed E-state index contributed by atoms with van der Waals surface area (Å²) in [4.78, 5) is 16.1. The summed E-state index contributed by atoms with van der Waals surface area (Å²) in [5.41, 5.74) is 0.915. The second kappa shape index (κ2) is 7.18. The van der Waals surface area contributed by atoms with Crippen molar-refractivity contribution in [3.8, 4) is 0 Å². The standard InChI is InChI=1S/C20H24BNO3S/c1-14(23)26-13-16(21-24-19(2,3)20(4,5)25-21)12-18-17-9-7-6-8-15(17)10-11-22-18/h6-12H,13H2,1-5H3. The van der Waals surface area contributed by atoms with Gasteiger partial charge in [0.05, 0.1) is 16.9 Å². The monoisotopic (exact) mass is 369 g/mol. The lowest BCUT2D eigenvalue weighted by molar-refractivity contribution is -0.109. The van der Waals surface area contributed by atoms with Gasteiger partial charge in [0, 0.05) is 24.3 Å². The van der Waals surface area contributed by atoms with Crippen LogP contribution in [0.5, 0.6) is 0 Å². The molecule has 1 saturated heterocycles. The molecule has 0 unspecified atom stereocenters. The molecular weight excluding hydrogens is 345 g/mol. The van der Waals surface area contributed by atoms with Gasteiger partial charge in [-0.2, -0.15) is 0 Å². The third kappa shape index (κ3) is 3.87. The van der Waals surface area contributed by atoms with Crippen LogP contribution in [0.15, 0.2) is 42.0 Å². The van der Waals surface area contributed by atoms with Crippen LogP contribution in [-0.2, 0) is 14.1 Å². The van der Waals surface area contributed by atoms with Crippen molar-refractivity contribution < 1.29 is 14.1 Å². The zero-order valence-electron chi connectivity index (χ0n) is 15.9. The van der Waals surface area contributed by atoms with Crippen LogP contribution in [-0.4, -0.2) is 34.2 Å². The van der Waals surface area contributed by atoms with Crippen LogP contribution >= 0.6 is 11.8 Å². The zero-order chi connectivity index (χ0) is 18.9. The summed E-state index contributed by atoms with van der Waals surface area (Å²) in [6.07, 6.45) is 3.80. The number of aromatic nitrogens is 1. The molecule has 1 fully saturated rings. The second-order valence-electron chi connectivity index (χ2n) is 7.51. The number of rotatable bonds is 4. The van der Waals surface area contributed by atoms with Crippen LogP contribution < -0.4 is 0 Å². The molecular formula is C20H24BNO3S. The van der Waals surface area contributed by atoms with E-state index in [1.54, 1.807) is 13.1 Å². The van der Waals surface area contributed by atoms with E-state index in [4.69, 9.17) is 9.31 Å². The van der Waals surface area contributed by atoms with Crippen molar-refractivity contribution in [2.45, 2.75) is 45.8 Å². The molecule has 3 rings (SSSR count). The highest BCUT2D eigenvalue weighted by atomic mass is 32.2. The number of nitrogens with zero attached hydrogens (tertiary/aromatic N) is 1. The molecule has 0 spiro atoms. The molecule has 1 aliphatic rings. The molecule has 1 aromatic carbocycles. The molecule has 136 valence electrons. The summed E-state index contributed by atoms with van der Waals surface area (Å²) in [6.45, 7) is 9.68. The minimum absolute atomic E-state index is 0.0679. The van der Waals surface area contributed by atoms with Crippen molar-refractivity contribution in [3.05, 3.63) is 47.7 Å². The minimum Gasteiger partial charge on any atom is -0.400 e. The van der Waals surface area contributed by atoms with E-state index in [0.717, 1.165) is 21.9 Å². The third-order valence-electron chi connectivity index (χ3n) is 5.02. The van der Waals surface area contributed by atoms with Gasteiger partial charge >= 0.3 is 7.12 Å². The Balaban J connectivity index is 2.01. The van der Waals surface area contributed by atoms with Gasteiger partial charge in [-0.15, -0.1) is 0 Å². The lowest BCUT2D eigenvalue weighted by atomic mass is 9.78. The van der Waals surface area contributed by atoms with Crippen LogP contribution in [0.4, 0.5) is 0 Å². The topological polar surface area (TPSA) is 48.4 Å². The maximum absolute atomic E-state index is 11.5. The van der Waals surface area contributed by atoms with Crippen LogP contribution in [0.25, 0.3) is 16.8 Å². The highest BCUT2D eigenvalue weighted by Crippen LogP contribution is 2.39. The number of pyridine rings is 1. The summed E-state index contributed by atoms with van der Waals surface area (Å²) in [7, 11) is -0.493. The number of thioether (sulfide) groups is 1. The summed E-state index contributed by atoms with van der Waals surface area (Å²) in [6, 6.07) is 10.1. The summed E-state index contributed by atoms with van der Waals surface area (Å²) in [5, 5.41) is 2.26. The van der Waals surface area contributed by atoms with Crippen molar-refractivity contribution >= 4 is 40.8 Å². The molecule has 1 aromatic heterocycles. The predicted octanol–water partition coefficient (Wildman–Crippen LogP) is 4.53. The molecule has 6 heteroatoms. The van der Waals surface area contributed by atoms with E-state index in [1.165, 1.54) is 11.8 Å². The summed E-state index contributed by atoms with van der Waals surface area (Å²) in [5.74, 6) is 0.511. The second-order valence-corrected chi connectivity index (χ2v) is 8.66. The lowest BCUT2D eigenvalue weighted by Crippen LogP contribution is -2.41. The fourth-order valence-electron chi connectivity index (χ4n) is 2.79. The van der Waals surface area contributed by atoms with E-state index in [0.29, 0.717) is 5.75 Å². The number of carbonyl (C=O) groups is 1. The third-order valence-corrected chi connectivity index (χ3v) is 5.91. The van der Waals surface area contributed by atoms with Gasteiger partial charge < -0.3 is 9.31 Å². The van der Waals surface area contributed by atoms with Gasteiger partial charge in [0.1, 0.15) is 0 Å². The largest absolute Gasteiger partial charge is 0.491 e. The Morgan fingerprint density at radius 1 is 1.15 bits per heavy atom. The first-order valence-electron chi connectivity index (χ1n) is 8.73.